The second-order valence-electron chi connectivity index (χ2n) is 7.65. The van der Waals surface area contributed by atoms with Crippen molar-refractivity contribution in [1.29, 1.82) is 0 Å². The zero-order chi connectivity index (χ0) is 19.6. The summed E-state index contributed by atoms with van der Waals surface area (Å²) in [6, 6.07) is 20.7. The molecule has 2 amide bonds. The standard InChI is InChI=1S/C23H24N2O2/c1-16-9-7-12-18(15-16)22(27)25(23(2,3)4)24-21(26)20-14-8-11-17-10-5-6-13-19(17)20/h5-15H,1-4H3,(H,24,26). The van der Waals surface area contributed by atoms with Crippen molar-refractivity contribution in [3.05, 3.63) is 83.4 Å². The highest BCUT2D eigenvalue weighted by Crippen LogP contribution is 2.20. The van der Waals surface area contributed by atoms with Crippen LogP contribution in [0.4, 0.5) is 0 Å². The topological polar surface area (TPSA) is 49.4 Å². The zero-order valence-corrected chi connectivity index (χ0v) is 16.1. The fraction of sp³-hybridized carbons (Fsp3) is 0.217. The first-order valence-electron chi connectivity index (χ1n) is 8.97. The molecule has 138 valence electrons. The fourth-order valence-electron chi connectivity index (χ4n) is 3.02. The maximum atomic E-state index is 13.1. The molecule has 0 atom stereocenters. The number of aryl methyl sites for hydroxylation is 1. The van der Waals surface area contributed by atoms with Gasteiger partial charge in [-0.3, -0.25) is 15.0 Å². The maximum absolute atomic E-state index is 13.1. The van der Waals surface area contributed by atoms with E-state index in [0.29, 0.717) is 11.1 Å². The van der Waals surface area contributed by atoms with Crippen molar-refractivity contribution in [2.24, 2.45) is 0 Å². The molecule has 3 aromatic carbocycles. The number of carbonyl (C=O) groups is 2. The fourth-order valence-corrected chi connectivity index (χ4v) is 3.02. The van der Waals surface area contributed by atoms with E-state index in [1.807, 2.05) is 82.3 Å². The summed E-state index contributed by atoms with van der Waals surface area (Å²) in [4.78, 5) is 26.1. The molecule has 0 aliphatic heterocycles. The van der Waals surface area contributed by atoms with Gasteiger partial charge in [0.15, 0.2) is 0 Å². The molecule has 3 rings (SSSR count). The second-order valence-corrected chi connectivity index (χ2v) is 7.65. The molecule has 0 saturated carbocycles. The van der Waals surface area contributed by atoms with E-state index in [4.69, 9.17) is 0 Å². The summed E-state index contributed by atoms with van der Waals surface area (Å²) in [5, 5.41) is 3.25. The van der Waals surface area contributed by atoms with Gasteiger partial charge in [0, 0.05) is 11.1 Å². The lowest BCUT2D eigenvalue weighted by Gasteiger charge is -2.35. The molecule has 1 N–H and O–H groups in total. The average molecular weight is 360 g/mol. The van der Waals surface area contributed by atoms with Crippen LogP contribution in [0.2, 0.25) is 0 Å². The number of hydrogen-bond acceptors (Lipinski definition) is 2. The van der Waals surface area contributed by atoms with Gasteiger partial charge in [0.2, 0.25) is 0 Å². The van der Waals surface area contributed by atoms with Crippen molar-refractivity contribution in [3.63, 3.8) is 0 Å². The molecule has 0 saturated heterocycles. The molecule has 0 aromatic heterocycles. The van der Waals surface area contributed by atoms with E-state index in [1.165, 1.54) is 5.01 Å². The molecule has 3 aromatic rings. The molecule has 0 aliphatic carbocycles. The Kier molecular flexibility index (Phi) is 5.00. The van der Waals surface area contributed by atoms with Crippen LogP contribution in [0, 0.1) is 6.92 Å². The summed E-state index contributed by atoms with van der Waals surface area (Å²) in [6.45, 7) is 7.62. The van der Waals surface area contributed by atoms with Crippen molar-refractivity contribution in [3.8, 4) is 0 Å². The Hall–Kier alpha value is -3.14. The predicted molar refractivity (Wildman–Crippen MR) is 109 cm³/mol. The Labute approximate surface area is 159 Å². The first-order valence-corrected chi connectivity index (χ1v) is 8.97. The number of nitrogens with one attached hydrogen (secondary N) is 1. The van der Waals surface area contributed by atoms with Crippen LogP contribution < -0.4 is 5.43 Å². The van der Waals surface area contributed by atoms with E-state index in [9.17, 15) is 9.59 Å². The number of hydrazine groups is 1. The van der Waals surface area contributed by atoms with Gasteiger partial charge < -0.3 is 0 Å². The SMILES string of the molecule is Cc1cccc(C(=O)N(NC(=O)c2cccc3ccccc23)C(C)(C)C)c1. The summed E-state index contributed by atoms with van der Waals surface area (Å²) in [5.41, 5.74) is 4.33. The van der Waals surface area contributed by atoms with Crippen LogP contribution in [-0.4, -0.2) is 22.4 Å². The molecule has 0 fully saturated rings. The van der Waals surface area contributed by atoms with Crippen LogP contribution in [0.3, 0.4) is 0 Å². The van der Waals surface area contributed by atoms with Crippen LogP contribution in [0.25, 0.3) is 10.8 Å². The number of hydrogen-bond donors (Lipinski definition) is 1. The van der Waals surface area contributed by atoms with Gasteiger partial charge in [-0.2, -0.15) is 0 Å². The van der Waals surface area contributed by atoms with Crippen LogP contribution in [0.15, 0.2) is 66.7 Å². The van der Waals surface area contributed by atoms with Crippen molar-refractivity contribution in [2.75, 3.05) is 0 Å². The number of nitrogens with zero attached hydrogens (tertiary/aromatic N) is 1. The lowest BCUT2D eigenvalue weighted by Crippen LogP contribution is -2.55. The smallest absolute Gasteiger partial charge is 0.267 e. The highest BCUT2D eigenvalue weighted by Gasteiger charge is 2.30. The molecular weight excluding hydrogens is 336 g/mol. The van der Waals surface area contributed by atoms with Crippen molar-refractivity contribution >= 4 is 22.6 Å². The Morgan fingerprint density at radius 2 is 1.56 bits per heavy atom. The van der Waals surface area contributed by atoms with E-state index in [-0.39, 0.29) is 11.8 Å². The zero-order valence-electron chi connectivity index (χ0n) is 16.1. The van der Waals surface area contributed by atoms with Crippen molar-refractivity contribution < 1.29 is 9.59 Å². The van der Waals surface area contributed by atoms with Gasteiger partial charge in [-0.1, -0.05) is 54.1 Å². The number of rotatable bonds is 2. The monoisotopic (exact) mass is 360 g/mol. The van der Waals surface area contributed by atoms with Gasteiger partial charge in [0.1, 0.15) is 0 Å². The Morgan fingerprint density at radius 1 is 0.889 bits per heavy atom. The molecular formula is C23H24N2O2. The molecule has 0 aliphatic rings. The third-order valence-corrected chi connectivity index (χ3v) is 4.39. The molecule has 27 heavy (non-hydrogen) atoms. The predicted octanol–water partition coefficient (Wildman–Crippen LogP) is 4.73. The quantitative estimate of drug-likeness (QED) is 0.672. The minimum absolute atomic E-state index is 0.236. The summed E-state index contributed by atoms with van der Waals surface area (Å²) in [7, 11) is 0. The highest BCUT2D eigenvalue weighted by atomic mass is 16.2. The van der Waals surface area contributed by atoms with Gasteiger partial charge in [0.25, 0.3) is 11.8 Å². The summed E-state index contributed by atoms with van der Waals surface area (Å²) in [5.74, 6) is -0.539. The van der Waals surface area contributed by atoms with Gasteiger partial charge in [0.05, 0.1) is 5.54 Å². The van der Waals surface area contributed by atoms with E-state index < -0.39 is 5.54 Å². The normalized spacial score (nSPS) is 11.3. The number of fused-ring (bicyclic) bond motifs is 1. The third kappa shape index (κ3) is 4.00. The average Bonchev–Trinajstić information content (AvgIpc) is 2.64. The van der Waals surface area contributed by atoms with Gasteiger partial charge in [-0.05, 0) is 56.7 Å². The molecule has 0 spiro atoms. The van der Waals surface area contributed by atoms with Crippen LogP contribution in [0.1, 0.15) is 47.1 Å². The van der Waals surface area contributed by atoms with E-state index in [1.54, 1.807) is 12.1 Å². The van der Waals surface area contributed by atoms with Crippen LogP contribution in [-0.2, 0) is 0 Å². The summed E-state index contributed by atoms with van der Waals surface area (Å²) >= 11 is 0. The number of benzene rings is 3. The molecule has 4 heteroatoms. The Bertz CT molecular complexity index is 997. The van der Waals surface area contributed by atoms with Crippen molar-refractivity contribution in [2.45, 2.75) is 33.2 Å². The molecule has 0 bridgehead atoms. The van der Waals surface area contributed by atoms with E-state index in [2.05, 4.69) is 5.43 Å². The minimum atomic E-state index is -0.582. The lowest BCUT2D eigenvalue weighted by molar-refractivity contribution is 0.0359. The van der Waals surface area contributed by atoms with Crippen LogP contribution in [0.5, 0.6) is 0 Å². The Morgan fingerprint density at radius 3 is 2.26 bits per heavy atom. The minimum Gasteiger partial charge on any atom is -0.267 e. The Balaban J connectivity index is 1.95. The first-order chi connectivity index (χ1) is 12.8. The highest BCUT2D eigenvalue weighted by molar-refractivity contribution is 6.08. The van der Waals surface area contributed by atoms with Gasteiger partial charge in [-0.25, -0.2) is 5.01 Å². The second kappa shape index (κ2) is 7.23. The maximum Gasteiger partial charge on any atom is 0.272 e. The first kappa shape index (κ1) is 18.6. The largest absolute Gasteiger partial charge is 0.272 e. The summed E-state index contributed by atoms with van der Waals surface area (Å²) < 4.78 is 0. The lowest BCUT2D eigenvalue weighted by atomic mass is 10.0. The van der Waals surface area contributed by atoms with Gasteiger partial charge >= 0.3 is 0 Å². The van der Waals surface area contributed by atoms with Crippen LogP contribution >= 0.6 is 0 Å². The molecule has 0 heterocycles. The number of amides is 2. The molecule has 0 radical (unpaired) electrons. The number of carbonyl (C=O) groups excluding carboxylic acids is 2. The van der Waals surface area contributed by atoms with Gasteiger partial charge in [-0.15, -0.1) is 0 Å². The molecule has 4 nitrogen and oxygen atoms in total. The van der Waals surface area contributed by atoms with Crippen molar-refractivity contribution in [1.82, 2.24) is 10.4 Å². The van der Waals surface area contributed by atoms with E-state index >= 15 is 0 Å². The van der Waals surface area contributed by atoms with E-state index in [0.717, 1.165) is 16.3 Å². The molecule has 0 unspecified atom stereocenters. The third-order valence-electron chi connectivity index (χ3n) is 4.39. The summed E-state index contributed by atoms with van der Waals surface area (Å²) in [6.07, 6.45) is 0.